The Labute approximate surface area is 180 Å². The van der Waals surface area contributed by atoms with Gasteiger partial charge in [-0.1, -0.05) is 58.0 Å². The second kappa shape index (κ2) is 10.2. The molecule has 2 aromatic rings. The average Bonchev–Trinajstić information content (AvgIpc) is 2.69. The Bertz CT molecular complexity index is 968. The Morgan fingerprint density at radius 2 is 1.60 bits per heavy atom. The van der Waals surface area contributed by atoms with E-state index in [0.29, 0.717) is 23.1 Å². The van der Waals surface area contributed by atoms with Crippen LogP contribution in [0.15, 0.2) is 47.4 Å². The lowest BCUT2D eigenvalue weighted by Gasteiger charge is -2.20. The zero-order valence-electron chi connectivity index (χ0n) is 18.7. The van der Waals surface area contributed by atoms with Crippen molar-refractivity contribution in [2.75, 3.05) is 18.9 Å². The molecule has 2 rings (SSSR count). The van der Waals surface area contributed by atoms with Crippen molar-refractivity contribution in [3.63, 3.8) is 0 Å². The number of nitrogens with two attached hydrogens (primary N) is 1. The molecular formula is C23H34N3O3S+. The number of sulfonamides is 1. The molecule has 0 bridgehead atoms. The van der Waals surface area contributed by atoms with Crippen LogP contribution in [0.1, 0.15) is 56.3 Å². The van der Waals surface area contributed by atoms with Crippen molar-refractivity contribution in [3.05, 3.63) is 59.2 Å². The Balaban J connectivity index is 2.07. The van der Waals surface area contributed by atoms with E-state index in [-0.39, 0.29) is 23.4 Å². The lowest BCUT2D eigenvalue weighted by atomic mass is 9.93. The molecule has 0 aromatic heterocycles. The van der Waals surface area contributed by atoms with E-state index in [1.807, 2.05) is 5.32 Å². The molecule has 1 atom stereocenters. The number of anilines is 1. The molecule has 0 fully saturated rings. The van der Waals surface area contributed by atoms with Gasteiger partial charge < -0.3 is 10.6 Å². The molecule has 30 heavy (non-hydrogen) atoms. The van der Waals surface area contributed by atoms with Gasteiger partial charge >= 0.3 is 0 Å². The first-order valence-corrected chi connectivity index (χ1v) is 11.8. The number of hydrogen-bond acceptors (Lipinski definition) is 3. The fraction of sp³-hybridized carbons (Fsp3) is 0.435. The average molecular weight is 433 g/mol. The summed E-state index contributed by atoms with van der Waals surface area (Å²) in [6.45, 7) is 10.6. The van der Waals surface area contributed by atoms with Crippen molar-refractivity contribution in [1.82, 2.24) is 4.72 Å². The second-order valence-corrected chi connectivity index (χ2v) is 10.1. The smallest absolute Gasteiger partial charge is 0.279 e. The number of hydrogen-bond donors (Lipinski definition) is 3. The number of aryl methyl sites for hydroxylation is 1. The van der Waals surface area contributed by atoms with Crippen molar-refractivity contribution in [3.8, 4) is 0 Å². The third-order valence-corrected chi connectivity index (χ3v) is 6.85. The molecule has 1 amide bonds. The number of carbonyl (C=O) groups is 1. The highest BCUT2D eigenvalue weighted by atomic mass is 32.2. The summed E-state index contributed by atoms with van der Waals surface area (Å²) in [7, 11) is -2.21. The molecule has 0 radical (unpaired) electrons. The molecule has 0 aliphatic heterocycles. The van der Waals surface area contributed by atoms with Gasteiger partial charge in [-0.2, -0.15) is 0 Å². The zero-order chi connectivity index (χ0) is 22.5. The molecule has 0 heterocycles. The number of benzene rings is 2. The van der Waals surface area contributed by atoms with Crippen LogP contribution in [0.25, 0.3) is 0 Å². The van der Waals surface area contributed by atoms with Crippen molar-refractivity contribution >= 4 is 21.6 Å². The molecule has 6 nitrogen and oxygen atoms in total. The zero-order valence-corrected chi connectivity index (χ0v) is 19.5. The van der Waals surface area contributed by atoms with Crippen molar-refractivity contribution < 1.29 is 18.5 Å². The first-order chi connectivity index (χ1) is 14.0. The van der Waals surface area contributed by atoms with Gasteiger partial charge in [0.15, 0.2) is 6.54 Å². The van der Waals surface area contributed by atoms with Gasteiger partial charge in [0.1, 0.15) is 6.04 Å². The fourth-order valence-corrected chi connectivity index (χ4v) is 4.41. The molecule has 2 aromatic carbocycles. The molecule has 0 unspecified atom stereocenters. The normalized spacial score (nSPS) is 12.9. The summed E-state index contributed by atoms with van der Waals surface area (Å²) in [6, 6.07) is 13.6. The Morgan fingerprint density at radius 3 is 2.13 bits per heavy atom. The van der Waals surface area contributed by atoms with E-state index >= 15 is 0 Å². The summed E-state index contributed by atoms with van der Waals surface area (Å²) in [5.41, 5.74) is 3.58. The summed E-state index contributed by atoms with van der Waals surface area (Å²) in [5.74, 6) is 0.669. The Morgan fingerprint density at radius 1 is 1.00 bits per heavy atom. The number of carbonyl (C=O) groups excluding carboxylic acids is 1. The van der Waals surface area contributed by atoms with Gasteiger partial charge in [-0.05, 0) is 43.1 Å². The van der Waals surface area contributed by atoms with E-state index in [0.717, 1.165) is 0 Å². The van der Waals surface area contributed by atoms with E-state index in [2.05, 4.69) is 62.0 Å². The minimum Gasteiger partial charge on any atom is -0.332 e. The lowest BCUT2D eigenvalue weighted by molar-refractivity contribution is -0.692. The highest BCUT2D eigenvalue weighted by molar-refractivity contribution is 7.89. The second-order valence-electron chi connectivity index (χ2n) is 8.27. The summed E-state index contributed by atoms with van der Waals surface area (Å²) in [4.78, 5) is 12.7. The molecule has 164 valence electrons. The maximum absolute atomic E-state index is 12.5. The summed E-state index contributed by atoms with van der Waals surface area (Å²) < 4.78 is 26.6. The maximum atomic E-state index is 12.5. The van der Waals surface area contributed by atoms with Gasteiger partial charge in [-0.25, -0.2) is 13.1 Å². The fourth-order valence-electron chi connectivity index (χ4n) is 3.42. The van der Waals surface area contributed by atoms with E-state index in [9.17, 15) is 13.2 Å². The first kappa shape index (κ1) is 24.1. The van der Waals surface area contributed by atoms with Crippen LogP contribution in [0.3, 0.4) is 0 Å². The number of amides is 1. The van der Waals surface area contributed by atoms with E-state index in [1.165, 1.54) is 24.2 Å². The van der Waals surface area contributed by atoms with Crippen LogP contribution < -0.4 is 15.4 Å². The van der Waals surface area contributed by atoms with Crippen LogP contribution in [-0.4, -0.2) is 27.9 Å². The lowest BCUT2D eigenvalue weighted by Crippen LogP contribution is -2.88. The van der Waals surface area contributed by atoms with E-state index in [4.69, 9.17) is 0 Å². The van der Waals surface area contributed by atoms with Crippen LogP contribution >= 0.6 is 0 Å². The monoisotopic (exact) mass is 432 g/mol. The summed E-state index contributed by atoms with van der Waals surface area (Å²) in [6.07, 6.45) is 0. The van der Waals surface area contributed by atoms with Crippen molar-refractivity contribution in [1.29, 1.82) is 0 Å². The minimum absolute atomic E-state index is 0.162. The van der Waals surface area contributed by atoms with Gasteiger partial charge in [0, 0.05) is 17.2 Å². The molecule has 0 aliphatic rings. The quantitative estimate of drug-likeness (QED) is 0.569. The van der Waals surface area contributed by atoms with Crippen LogP contribution in [0.4, 0.5) is 5.69 Å². The Kier molecular flexibility index (Phi) is 8.18. The van der Waals surface area contributed by atoms with Gasteiger partial charge in [-0.3, -0.25) is 4.79 Å². The molecule has 0 spiro atoms. The van der Waals surface area contributed by atoms with Gasteiger partial charge in [0.05, 0.1) is 4.90 Å². The largest absolute Gasteiger partial charge is 0.332 e. The molecule has 0 saturated carbocycles. The van der Waals surface area contributed by atoms with Crippen molar-refractivity contribution in [2.45, 2.75) is 51.5 Å². The SMILES string of the molecule is CNS(=O)(=O)c1cc(NC(=O)C[NH2+][C@H](c2ccc(C(C)C)cc2)C(C)C)ccc1C. The minimum atomic E-state index is -3.58. The van der Waals surface area contributed by atoms with Crippen LogP contribution in [-0.2, 0) is 14.8 Å². The summed E-state index contributed by atoms with van der Waals surface area (Å²) in [5, 5.41) is 4.84. The number of quaternary nitrogens is 1. The molecule has 0 aliphatic carbocycles. The highest BCUT2D eigenvalue weighted by Gasteiger charge is 2.21. The molecule has 0 saturated heterocycles. The van der Waals surface area contributed by atoms with Crippen LogP contribution in [0, 0.1) is 12.8 Å². The third-order valence-electron chi connectivity index (χ3n) is 5.29. The predicted molar refractivity (Wildman–Crippen MR) is 121 cm³/mol. The van der Waals surface area contributed by atoms with Crippen LogP contribution in [0.2, 0.25) is 0 Å². The van der Waals surface area contributed by atoms with Gasteiger partial charge in [0.25, 0.3) is 5.91 Å². The standard InChI is InChI=1S/C23H33N3O3S/c1-15(2)18-8-10-19(11-9-18)23(16(3)4)25-14-22(27)26-20-12-7-17(5)21(13-20)30(28,29)24-6/h7-13,15-16,23-25H,14H2,1-6H3,(H,26,27)/p+1/t23-/m0/s1. The predicted octanol–water partition coefficient (Wildman–Crippen LogP) is 2.93. The Hall–Kier alpha value is -2.22. The van der Waals surface area contributed by atoms with Crippen LogP contribution in [0.5, 0.6) is 0 Å². The first-order valence-electron chi connectivity index (χ1n) is 10.3. The number of rotatable bonds is 9. The van der Waals surface area contributed by atoms with Gasteiger partial charge in [-0.15, -0.1) is 0 Å². The maximum Gasteiger partial charge on any atom is 0.279 e. The van der Waals surface area contributed by atoms with Gasteiger partial charge in [0.2, 0.25) is 10.0 Å². The number of nitrogens with one attached hydrogen (secondary N) is 2. The van der Waals surface area contributed by atoms with E-state index < -0.39 is 10.0 Å². The van der Waals surface area contributed by atoms with Crippen molar-refractivity contribution in [2.24, 2.45) is 5.92 Å². The van der Waals surface area contributed by atoms with E-state index in [1.54, 1.807) is 19.1 Å². The summed E-state index contributed by atoms with van der Waals surface area (Å²) >= 11 is 0. The molecular weight excluding hydrogens is 398 g/mol. The molecule has 7 heteroatoms. The highest BCUT2D eigenvalue weighted by Crippen LogP contribution is 2.22. The molecule has 4 N–H and O–H groups in total. The topological polar surface area (TPSA) is 91.9 Å². The third kappa shape index (κ3) is 6.14.